The molecule has 0 saturated heterocycles. The molecule has 8 heteroatoms. The van der Waals surface area contributed by atoms with Crippen molar-refractivity contribution in [2.24, 2.45) is 10.8 Å². The van der Waals surface area contributed by atoms with E-state index in [9.17, 15) is 0 Å². The molecule has 0 aliphatic heterocycles. The summed E-state index contributed by atoms with van der Waals surface area (Å²) in [5.74, 6) is 0. The molecule has 86 valence electrons. The fraction of sp³-hybridized carbons (Fsp3) is 0. The van der Waals surface area contributed by atoms with Gasteiger partial charge >= 0.3 is 35.3 Å². The van der Waals surface area contributed by atoms with Crippen LogP contribution in [0.25, 0.3) is 5.43 Å². The van der Waals surface area contributed by atoms with Crippen molar-refractivity contribution in [2.75, 3.05) is 0 Å². The number of halogens is 2. The average molecular weight is 446 g/mol. The van der Waals surface area contributed by atoms with Crippen LogP contribution in [0.1, 0.15) is 5.69 Å². The molecule has 15 heavy (non-hydrogen) atoms. The zero-order valence-corrected chi connectivity index (χ0v) is 12.0. The first-order chi connectivity index (χ1) is 7.20. The number of hydrogen-bond donors (Lipinski definition) is 1. The van der Waals surface area contributed by atoms with E-state index in [-0.39, 0.29) is 5.11 Å². The molecule has 0 amide bonds. The molecule has 1 aromatic heterocycles. The number of nitrogens with zero attached hydrogens (tertiary/aromatic N) is 3. The standard InChI is InChI=1S/C7H8N4S.2ClH.Pt/c8-7(12)11-10-5-6-3-1-2-4-9-6;;;/h1-5H,(H3,8,9,11,12);2*1H;/q;;;+2/p-2. The molecule has 0 spiro atoms. The molecule has 0 fully saturated rings. The second-order valence-electron chi connectivity index (χ2n) is 2.00. The van der Waals surface area contributed by atoms with Crippen molar-refractivity contribution in [3.05, 3.63) is 35.5 Å². The maximum absolute atomic E-state index is 5.14. The number of nitrogens with two attached hydrogens (primary N) is 1. The van der Waals surface area contributed by atoms with Gasteiger partial charge in [-0.15, -0.1) is 0 Å². The fourth-order valence-electron chi connectivity index (χ4n) is 0.600. The van der Waals surface area contributed by atoms with Gasteiger partial charge in [-0.3, -0.25) is 10.7 Å². The first kappa shape index (κ1) is 14.9. The predicted octanol–water partition coefficient (Wildman–Crippen LogP) is 1.49. The summed E-state index contributed by atoms with van der Waals surface area (Å²) in [4.78, 5) is 3.99. The Kier molecular flexibility index (Phi) is 10.4. The summed E-state index contributed by atoms with van der Waals surface area (Å²) in [6, 6.07) is 5.50. The van der Waals surface area contributed by atoms with Crippen molar-refractivity contribution in [3.63, 3.8) is 0 Å². The summed E-state index contributed by atoms with van der Waals surface area (Å²) in [5, 5.41) is 3.77. The summed E-state index contributed by atoms with van der Waals surface area (Å²) < 4.78 is 0. The Morgan fingerprint density at radius 2 is 2.27 bits per heavy atom. The molecule has 1 aromatic rings. The monoisotopic (exact) mass is 445 g/mol. The maximum atomic E-state index is 5.14. The van der Waals surface area contributed by atoms with Crippen LogP contribution in [0.15, 0.2) is 29.5 Å². The molecule has 0 aliphatic carbocycles. The van der Waals surface area contributed by atoms with Crippen LogP contribution in [0, 0.1) is 0 Å². The van der Waals surface area contributed by atoms with Crippen LogP contribution >= 0.6 is 18.8 Å². The van der Waals surface area contributed by atoms with E-state index in [1.54, 1.807) is 6.20 Å². The first-order valence-corrected chi connectivity index (χ1v) is 9.57. The predicted molar refractivity (Wildman–Crippen MR) is 64.9 cm³/mol. The van der Waals surface area contributed by atoms with Crippen molar-refractivity contribution in [3.8, 4) is 0 Å². The Hall–Kier alpha value is -0.0617. The number of aromatic nitrogens is 1. The van der Waals surface area contributed by atoms with Gasteiger partial charge in [0.25, 0.3) is 0 Å². The molecule has 1 heterocycles. The molecule has 0 atom stereocenters. The van der Waals surface area contributed by atoms with Crippen LogP contribution in [0.3, 0.4) is 0 Å². The Balaban J connectivity index is 0.000000583. The number of hydrogen-bond acceptors (Lipinski definition) is 2. The van der Waals surface area contributed by atoms with Gasteiger partial charge in [0.2, 0.25) is 0 Å². The van der Waals surface area contributed by atoms with Crippen molar-refractivity contribution >= 4 is 42.4 Å². The molecular weight excluding hydrogens is 438 g/mol. The molecule has 0 aliphatic rings. The Bertz CT molecular complexity index is 309. The Morgan fingerprint density at radius 1 is 1.60 bits per heavy atom. The van der Waals surface area contributed by atoms with Crippen LogP contribution < -0.4 is 5.73 Å². The van der Waals surface area contributed by atoms with Gasteiger partial charge in [0.05, 0.1) is 5.69 Å². The zero-order chi connectivity index (χ0) is 11.5. The van der Waals surface area contributed by atoms with E-state index in [1.165, 1.54) is 6.21 Å². The van der Waals surface area contributed by atoms with E-state index in [4.69, 9.17) is 24.6 Å². The molecule has 2 N–H and O–H groups in total. The van der Waals surface area contributed by atoms with Crippen molar-refractivity contribution < 1.29 is 16.5 Å². The van der Waals surface area contributed by atoms with Crippen LogP contribution in [-0.2, 0) is 28.7 Å². The molecule has 4 nitrogen and oxygen atoms in total. The van der Waals surface area contributed by atoms with Gasteiger partial charge in [-0.05, 0) is 12.1 Å². The number of rotatable bonds is 2. The van der Waals surface area contributed by atoms with Gasteiger partial charge in [0.1, 0.15) is 0 Å². The quantitative estimate of drug-likeness (QED) is 0.246. The third-order valence-electron chi connectivity index (χ3n) is 1.04. The van der Waals surface area contributed by atoms with Crippen LogP contribution in [0.5, 0.6) is 0 Å². The summed E-state index contributed by atoms with van der Waals surface area (Å²) in [6.45, 7) is 0. The second kappa shape index (κ2) is 10.5. The second-order valence-corrected chi connectivity index (χ2v) is 5.74. The van der Waals surface area contributed by atoms with Gasteiger partial charge in [0, 0.05) is 12.4 Å². The minimum atomic E-state index is -0.472. The molecular formula is C7H8Cl2N4PtS. The topological polar surface area (TPSA) is 65.4 Å². The van der Waals surface area contributed by atoms with E-state index in [1.807, 2.05) is 18.2 Å². The number of thiol groups is 1. The number of pyridine rings is 1. The van der Waals surface area contributed by atoms with Crippen LogP contribution in [0.4, 0.5) is 0 Å². The molecule has 0 aromatic carbocycles. The molecule has 0 radical (unpaired) electrons. The first-order valence-electron chi connectivity index (χ1n) is 3.49. The van der Waals surface area contributed by atoms with Gasteiger partial charge in [0.15, 0.2) is 17.3 Å². The molecule has 0 saturated carbocycles. The van der Waals surface area contributed by atoms with Gasteiger partial charge in [-0.1, -0.05) is 6.07 Å². The minimum absolute atomic E-state index is 0.127. The molecule has 0 bridgehead atoms. The molecule has 0 unspecified atom stereocenters. The van der Waals surface area contributed by atoms with Gasteiger partial charge in [-0.25, -0.2) is 0 Å². The zero-order valence-electron chi connectivity index (χ0n) is 7.33. The van der Waals surface area contributed by atoms with Gasteiger partial charge < -0.3 is 10.5 Å². The van der Waals surface area contributed by atoms with Crippen molar-refractivity contribution in [1.82, 2.24) is 4.98 Å². The summed E-state index contributed by atoms with van der Waals surface area (Å²) in [5.41, 5.74) is 9.38. The van der Waals surface area contributed by atoms with Crippen LogP contribution in [0.2, 0.25) is 0 Å². The van der Waals surface area contributed by atoms with Crippen molar-refractivity contribution in [2.45, 2.75) is 0 Å². The van der Waals surface area contributed by atoms with Crippen LogP contribution in [-0.4, -0.2) is 16.3 Å². The fourth-order valence-corrected chi connectivity index (χ4v) is 0.651. The summed E-state index contributed by atoms with van der Waals surface area (Å²) in [7, 11) is 9.75. The van der Waals surface area contributed by atoms with E-state index < -0.39 is 16.5 Å². The summed E-state index contributed by atoms with van der Waals surface area (Å²) in [6.07, 6.45) is 3.18. The Morgan fingerprint density at radius 3 is 2.73 bits per heavy atom. The average Bonchev–Trinajstić information content (AvgIpc) is 2.20. The normalized spacial score (nSPS) is 9.53. The van der Waals surface area contributed by atoms with Gasteiger partial charge in [-0.2, -0.15) is 0 Å². The van der Waals surface area contributed by atoms with E-state index in [0.717, 1.165) is 5.69 Å². The van der Waals surface area contributed by atoms with E-state index >= 15 is 0 Å². The third-order valence-corrected chi connectivity index (χ3v) is 1.13. The SMILES string of the molecule is NC(=[SH+])[N-]N=Cc1ccccn1.[Cl][Pt][Cl]. The van der Waals surface area contributed by atoms with E-state index in [2.05, 4.69) is 27.7 Å². The molecule has 1 rings (SSSR count). The third kappa shape index (κ3) is 10.2. The van der Waals surface area contributed by atoms with E-state index in [0.29, 0.717) is 0 Å². The summed E-state index contributed by atoms with van der Waals surface area (Å²) >= 11 is 3.27. The van der Waals surface area contributed by atoms with Crippen molar-refractivity contribution in [1.29, 1.82) is 0 Å². The Labute approximate surface area is 110 Å².